The first-order chi connectivity index (χ1) is 5.98. The highest BCUT2D eigenvalue weighted by molar-refractivity contribution is 8.15. The van der Waals surface area contributed by atoms with E-state index < -0.39 is 9.84 Å². The van der Waals surface area contributed by atoms with Crippen LogP contribution in [-0.2, 0) is 9.84 Å². The van der Waals surface area contributed by atoms with E-state index >= 15 is 0 Å². The van der Waals surface area contributed by atoms with Crippen LogP contribution < -0.4 is 5.32 Å². The highest BCUT2D eigenvalue weighted by Crippen LogP contribution is 2.30. The zero-order chi connectivity index (χ0) is 9.64. The van der Waals surface area contributed by atoms with Crippen LogP contribution >= 0.6 is 11.8 Å². The van der Waals surface area contributed by atoms with Crippen molar-refractivity contribution in [2.45, 2.75) is 11.3 Å². The molecule has 2 fully saturated rings. The molecule has 2 aliphatic heterocycles. The van der Waals surface area contributed by atoms with E-state index in [2.05, 4.69) is 5.32 Å². The van der Waals surface area contributed by atoms with E-state index in [1.165, 1.54) is 0 Å². The lowest BCUT2D eigenvalue weighted by Crippen LogP contribution is -2.33. The van der Waals surface area contributed by atoms with Gasteiger partial charge in [-0.2, -0.15) is 0 Å². The third-order valence-electron chi connectivity index (χ3n) is 2.28. The maximum atomic E-state index is 11.2. The van der Waals surface area contributed by atoms with Gasteiger partial charge in [-0.15, -0.1) is 0 Å². The molecule has 2 heterocycles. The van der Waals surface area contributed by atoms with Gasteiger partial charge in [0, 0.05) is 0 Å². The summed E-state index contributed by atoms with van der Waals surface area (Å²) in [7, 11) is 1.16. The Balaban J connectivity index is 2.18. The van der Waals surface area contributed by atoms with E-state index in [4.69, 9.17) is 0 Å². The lowest BCUT2D eigenvalue weighted by molar-refractivity contribution is -0.463. The van der Waals surface area contributed by atoms with Crippen LogP contribution in [0.3, 0.4) is 0 Å². The Kier molecular flexibility index (Phi) is 2.07. The summed E-state index contributed by atoms with van der Waals surface area (Å²) in [6, 6.07) is 0.132. The van der Waals surface area contributed by atoms with E-state index in [0.717, 1.165) is 5.17 Å². The number of nitrogens with one attached hydrogen (secondary N) is 1. The van der Waals surface area contributed by atoms with Crippen LogP contribution in [-0.4, -0.2) is 55.1 Å². The van der Waals surface area contributed by atoms with Crippen molar-refractivity contribution in [2.24, 2.45) is 0 Å². The summed E-state index contributed by atoms with van der Waals surface area (Å²) in [5.41, 5.74) is 0. The van der Waals surface area contributed by atoms with Crippen molar-refractivity contribution < 1.29 is 13.0 Å². The lowest BCUT2D eigenvalue weighted by Gasteiger charge is -1.98. The number of hydrogen-bond donors (Lipinski definition) is 1. The summed E-state index contributed by atoms with van der Waals surface area (Å²) in [5.74, 6) is 0.620. The van der Waals surface area contributed by atoms with Crippen LogP contribution in [0.2, 0.25) is 0 Å². The summed E-state index contributed by atoms with van der Waals surface area (Å²) in [5, 5.41) is 4.55. The van der Waals surface area contributed by atoms with Crippen LogP contribution in [0.1, 0.15) is 0 Å². The predicted octanol–water partition coefficient (Wildman–Crippen LogP) is -0.883. The summed E-state index contributed by atoms with van der Waals surface area (Å²) in [6.45, 7) is 0. The second-order valence-corrected chi connectivity index (χ2v) is 7.07. The lowest BCUT2D eigenvalue weighted by atomic mass is 10.3. The minimum absolute atomic E-state index is 0.132. The molecule has 13 heavy (non-hydrogen) atoms. The SMILES string of the molecule is C[N+](C)=C1NC2CS(=O)(=O)CC2S1. The molecule has 1 N–H and O–H groups in total. The summed E-state index contributed by atoms with van der Waals surface area (Å²) >= 11 is 1.64. The third kappa shape index (κ3) is 1.69. The van der Waals surface area contributed by atoms with E-state index in [9.17, 15) is 8.42 Å². The van der Waals surface area contributed by atoms with E-state index in [-0.39, 0.29) is 11.3 Å². The average molecular weight is 221 g/mol. The standard InChI is InChI=1S/C7H12N2O2S2/c1-9(2)7-8-5-3-13(10,11)4-6(5)12-7/h5-6H,3-4H2,1-2H3/p+1. The molecule has 6 heteroatoms. The highest BCUT2D eigenvalue weighted by Gasteiger charge is 2.48. The molecule has 0 spiro atoms. The number of fused-ring (bicyclic) bond motifs is 1. The molecule has 0 aliphatic carbocycles. The van der Waals surface area contributed by atoms with Gasteiger partial charge in [-0.1, -0.05) is 0 Å². The van der Waals surface area contributed by atoms with Gasteiger partial charge in [-0.25, -0.2) is 8.42 Å². The molecule has 2 saturated heterocycles. The first-order valence-corrected chi connectivity index (χ1v) is 6.86. The second-order valence-electron chi connectivity index (χ2n) is 3.68. The van der Waals surface area contributed by atoms with Gasteiger partial charge in [-0.3, -0.25) is 9.89 Å². The molecule has 2 atom stereocenters. The molecule has 0 bridgehead atoms. The molecule has 2 rings (SSSR count). The van der Waals surface area contributed by atoms with Crippen molar-refractivity contribution in [3.8, 4) is 0 Å². The minimum Gasteiger partial charge on any atom is -0.264 e. The Morgan fingerprint density at radius 3 is 2.69 bits per heavy atom. The van der Waals surface area contributed by atoms with Crippen LogP contribution in [0.5, 0.6) is 0 Å². The molecule has 0 aromatic heterocycles. The third-order valence-corrected chi connectivity index (χ3v) is 5.73. The summed E-state index contributed by atoms with van der Waals surface area (Å²) in [4.78, 5) is 0. The fraction of sp³-hybridized carbons (Fsp3) is 0.857. The number of thioether (sulfide) groups is 1. The fourth-order valence-corrected chi connectivity index (χ4v) is 5.43. The van der Waals surface area contributed by atoms with E-state index in [0.29, 0.717) is 11.5 Å². The molecule has 4 nitrogen and oxygen atoms in total. The van der Waals surface area contributed by atoms with Gasteiger partial charge < -0.3 is 0 Å². The van der Waals surface area contributed by atoms with E-state index in [1.807, 2.05) is 18.7 Å². The van der Waals surface area contributed by atoms with Crippen molar-refractivity contribution in [2.75, 3.05) is 25.6 Å². The smallest absolute Gasteiger partial charge is 0.264 e. The largest absolute Gasteiger partial charge is 0.306 e. The molecule has 0 amide bonds. The normalized spacial score (nSPS) is 35.7. The predicted molar refractivity (Wildman–Crippen MR) is 54.1 cm³/mol. The number of rotatable bonds is 0. The van der Waals surface area contributed by atoms with Crippen molar-refractivity contribution in [3.05, 3.63) is 0 Å². The van der Waals surface area contributed by atoms with Gasteiger partial charge in [0.15, 0.2) is 9.84 Å². The molecule has 74 valence electrons. The number of hydrogen-bond acceptors (Lipinski definition) is 3. The monoisotopic (exact) mass is 221 g/mol. The molecule has 0 aromatic carbocycles. The summed E-state index contributed by atoms with van der Waals surface area (Å²) < 4.78 is 24.5. The maximum Gasteiger partial charge on any atom is 0.306 e. The number of nitrogens with zero attached hydrogens (tertiary/aromatic N) is 1. The van der Waals surface area contributed by atoms with Crippen molar-refractivity contribution in [3.63, 3.8) is 0 Å². The second kappa shape index (κ2) is 2.88. The van der Waals surface area contributed by atoms with Gasteiger partial charge in [0.2, 0.25) is 0 Å². The highest BCUT2D eigenvalue weighted by atomic mass is 32.2. The molecule has 0 radical (unpaired) electrons. The van der Waals surface area contributed by atoms with Gasteiger partial charge >= 0.3 is 5.17 Å². The van der Waals surface area contributed by atoms with Crippen molar-refractivity contribution >= 4 is 26.8 Å². The van der Waals surface area contributed by atoms with Crippen LogP contribution in [0.15, 0.2) is 0 Å². The van der Waals surface area contributed by atoms with Crippen LogP contribution in [0.4, 0.5) is 0 Å². The molecular weight excluding hydrogens is 208 g/mol. The first-order valence-electron chi connectivity index (χ1n) is 4.16. The number of sulfone groups is 1. The molecule has 0 saturated carbocycles. The Morgan fingerprint density at radius 1 is 1.46 bits per heavy atom. The molecular formula is C7H13N2O2S2+. The topological polar surface area (TPSA) is 49.2 Å². The van der Waals surface area contributed by atoms with Crippen LogP contribution in [0.25, 0.3) is 0 Å². The minimum atomic E-state index is -2.77. The van der Waals surface area contributed by atoms with Gasteiger partial charge in [0.25, 0.3) is 0 Å². The average Bonchev–Trinajstić information content (AvgIpc) is 2.39. The molecule has 0 aromatic rings. The zero-order valence-electron chi connectivity index (χ0n) is 7.65. The van der Waals surface area contributed by atoms with Crippen LogP contribution in [0, 0.1) is 0 Å². The Hall–Kier alpha value is -0.230. The maximum absolute atomic E-state index is 11.2. The summed E-state index contributed by atoms with van der Waals surface area (Å²) in [6.07, 6.45) is 0. The van der Waals surface area contributed by atoms with Gasteiger partial charge in [0.1, 0.15) is 6.04 Å². The Labute approximate surface area is 82.3 Å². The van der Waals surface area contributed by atoms with Crippen molar-refractivity contribution in [1.29, 1.82) is 0 Å². The van der Waals surface area contributed by atoms with Gasteiger partial charge in [0.05, 0.1) is 30.9 Å². The number of amidine groups is 1. The first kappa shape index (κ1) is 9.33. The Bertz CT molecular complexity index is 335. The quantitative estimate of drug-likeness (QED) is 0.540. The molecule has 2 unspecified atom stereocenters. The van der Waals surface area contributed by atoms with E-state index in [1.54, 1.807) is 11.8 Å². The van der Waals surface area contributed by atoms with Gasteiger partial charge in [-0.05, 0) is 11.8 Å². The van der Waals surface area contributed by atoms with Crippen molar-refractivity contribution in [1.82, 2.24) is 5.32 Å². The molecule has 2 aliphatic rings. The Morgan fingerprint density at radius 2 is 2.15 bits per heavy atom. The zero-order valence-corrected chi connectivity index (χ0v) is 9.28. The fourth-order valence-electron chi connectivity index (χ4n) is 1.64.